The fourth-order valence-electron chi connectivity index (χ4n) is 0.894. The summed E-state index contributed by atoms with van der Waals surface area (Å²) in [6, 6.07) is 7.36. The van der Waals surface area contributed by atoms with Crippen LogP contribution >= 0.6 is 12.6 Å². The molecule has 64 valence electrons. The molecular weight excluding hydrogens is 172 g/mol. The molecule has 0 fully saturated rings. The fourth-order valence-corrected chi connectivity index (χ4v) is 0.999. The molecule has 0 aliphatic rings. The lowest BCUT2D eigenvalue weighted by atomic mass is 10.2. The van der Waals surface area contributed by atoms with Gasteiger partial charge in [0.1, 0.15) is 5.75 Å². The number of ether oxygens (including phenoxy) is 1. The van der Waals surface area contributed by atoms with Crippen molar-refractivity contribution in [3.8, 4) is 5.75 Å². The summed E-state index contributed by atoms with van der Waals surface area (Å²) < 4.78 is 4.74. The molecule has 0 aromatic heterocycles. The van der Waals surface area contributed by atoms with Crippen LogP contribution in [-0.2, 0) is 6.42 Å². The Bertz CT molecular complexity index is 266. The minimum absolute atomic E-state index is 0.534. The topological polar surface area (TPSA) is 26.3 Å². The van der Waals surface area contributed by atoms with E-state index in [2.05, 4.69) is 19.6 Å². The molecule has 1 aromatic carbocycles. The molecule has 0 radical (unpaired) electrons. The highest BCUT2D eigenvalue weighted by atomic mass is 32.1. The third-order valence-corrected chi connectivity index (χ3v) is 1.63. The molecule has 0 atom stereocenters. The molecule has 0 saturated carbocycles. The maximum Gasteiger partial charge on any atom is 0.369 e. The normalized spacial score (nSPS) is 9.50. The van der Waals surface area contributed by atoms with Crippen LogP contribution in [0.3, 0.4) is 0 Å². The summed E-state index contributed by atoms with van der Waals surface area (Å²) in [7, 11) is 0. The maximum atomic E-state index is 10.4. The molecule has 0 heterocycles. The lowest BCUT2D eigenvalue weighted by Gasteiger charge is -2.00. The molecule has 1 rings (SSSR count). The fraction of sp³-hybridized carbons (Fsp3) is 0.222. The molecule has 1 aromatic rings. The Kier molecular flexibility index (Phi) is 3.17. The van der Waals surface area contributed by atoms with Gasteiger partial charge in [-0.05, 0) is 24.1 Å². The van der Waals surface area contributed by atoms with Gasteiger partial charge in [0.15, 0.2) is 0 Å². The number of carbonyl (C=O) groups excluding carboxylic acids is 1. The van der Waals surface area contributed by atoms with Crippen LogP contribution in [0.25, 0.3) is 0 Å². The molecular formula is C9H10O2S. The van der Waals surface area contributed by atoms with E-state index < -0.39 is 5.30 Å². The van der Waals surface area contributed by atoms with Crippen molar-refractivity contribution in [2.24, 2.45) is 0 Å². The zero-order valence-electron chi connectivity index (χ0n) is 6.78. The minimum atomic E-state index is -0.584. The second kappa shape index (κ2) is 4.16. The first-order valence-electron chi connectivity index (χ1n) is 3.72. The number of rotatable bonds is 2. The molecule has 12 heavy (non-hydrogen) atoms. The van der Waals surface area contributed by atoms with Crippen molar-refractivity contribution in [2.45, 2.75) is 13.3 Å². The van der Waals surface area contributed by atoms with Crippen LogP contribution < -0.4 is 4.74 Å². The van der Waals surface area contributed by atoms with E-state index in [4.69, 9.17) is 4.74 Å². The van der Waals surface area contributed by atoms with Crippen LogP contribution in [-0.4, -0.2) is 5.30 Å². The van der Waals surface area contributed by atoms with Gasteiger partial charge >= 0.3 is 5.30 Å². The molecule has 0 bridgehead atoms. The van der Waals surface area contributed by atoms with Crippen molar-refractivity contribution in [1.29, 1.82) is 0 Å². The Hall–Kier alpha value is -0.960. The highest BCUT2D eigenvalue weighted by Gasteiger charge is 1.97. The molecule has 0 saturated heterocycles. The highest BCUT2D eigenvalue weighted by Crippen LogP contribution is 2.13. The van der Waals surface area contributed by atoms with E-state index in [0.717, 1.165) is 6.42 Å². The Morgan fingerprint density at radius 2 is 2.00 bits per heavy atom. The lowest BCUT2D eigenvalue weighted by molar-refractivity contribution is 0.227. The van der Waals surface area contributed by atoms with Gasteiger partial charge in [-0.3, -0.25) is 0 Å². The first-order chi connectivity index (χ1) is 5.72. The molecule has 0 N–H and O–H groups in total. The smallest absolute Gasteiger partial charge is 0.369 e. The van der Waals surface area contributed by atoms with Crippen LogP contribution in [0.15, 0.2) is 24.3 Å². The van der Waals surface area contributed by atoms with Gasteiger partial charge in [0.2, 0.25) is 0 Å². The van der Waals surface area contributed by atoms with E-state index in [9.17, 15) is 4.79 Å². The molecule has 0 aliphatic heterocycles. The average molecular weight is 182 g/mol. The largest absolute Gasteiger partial charge is 0.419 e. The summed E-state index contributed by atoms with van der Waals surface area (Å²) in [6.45, 7) is 2.07. The van der Waals surface area contributed by atoms with E-state index in [1.807, 2.05) is 12.1 Å². The van der Waals surface area contributed by atoms with Crippen molar-refractivity contribution >= 4 is 17.9 Å². The number of hydrogen-bond acceptors (Lipinski definition) is 2. The predicted octanol–water partition coefficient (Wildman–Crippen LogP) is 2.68. The lowest BCUT2D eigenvalue weighted by Crippen LogP contribution is -1.95. The summed E-state index contributed by atoms with van der Waals surface area (Å²) in [4.78, 5) is 10.4. The zero-order chi connectivity index (χ0) is 8.97. The monoisotopic (exact) mass is 182 g/mol. The molecule has 0 spiro atoms. The van der Waals surface area contributed by atoms with Gasteiger partial charge in [0, 0.05) is 0 Å². The zero-order valence-corrected chi connectivity index (χ0v) is 7.67. The summed E-state index contributed by atoms with van der Waals surface area (Å²) in [5.41, 5.74) is 1.22. The van der Waals surface area contributed by atoms with Crippen LogP contribution in [0.2, 0.25) is 0 Å². The Morgan fingerprint density at radius 1 is 1.42 bits per heavy atom. The number of aryl methyl sites for hydroxylation is 1. The molecule has 2 nitrogen and oxygen atoms in total. The highest BCUT2D eigenvalue weighted by molar-refractivity contribution is 7.96. The van der Waals surface area contributed by atoms with Gasteiger partial charge < -0.3 is 4.74 Å². The third-order valence-electron chi connectivity index (χ3n) is 1.54. The van der Waals surface area contributed by atoms with E-state index in [1.54, 1.807) is 12.1 Å². The number of carbonyl (C=O) groups is 1. The van der Waals surface area contributed by atoms with Gasteiger partial charge in [-0.15, -0.1) is 0 Å². The standard InChI is InChI=1S/C9H10O2S/c1-2-7-3-5-8(6-4-7)11-9(10)12/h3-6H,2H2,1H3,(H,10,12). The van der Waals surface area contributed by atoms with Crippen molar-refractivity contribution < 1.29 is 9.53 Å². The molecule has 0 aliphatic carbocycles. The average Bonchev–Trinajstić information content (AvgIpc) is 2.05. The predicted molar refractivity (Wildman–Crippen MR) is 50.8 cm³/mol. The van der Waals surface area contributed by atoms with Crippen LogP contribution in [0.5, 0.6) is 5.75 Å². The quantitative estimate of drug-likeness (QED) is 0.562. The van der Waals surface area contributed by atoms with Crippen LogP contribution in [0.1, 0.15) is 12.5 Å². The van der Waals surface area contributed by atoms with Crippen LogP contribution in [0.4, 0.5) is 4.79 Å². The number of benzene rings is 1. The second-order valence-electron chi connectivity index (χ2n) is 2.37. The summed E-state index contributed by atoms with van der Waals surface area (Å²) in [5, 5.41) is -0.584. The van der Waals surface area contributed by atoms with E-state index in [0.29, 0.717) is 5.75 Å². The minimum Gasteiger partial charge on any atom is -0.419 e. The first-order valence-corrected chi connectivity index (χ1v) is 4.17. The maximum absolute atomic E-state index is 10.4. The van der Waals surface area contributed by atoms with Crippen molar-refractivity contribution in [3.63, 3.8) is 0 Å². The first kappa shape index (κ1) is 9.13. The van der Waals surface area contributed by atoms with E-state index >= 15 is 0 Å². The van der Waals surface area contributed by atoms with Crippen LogP contribution in [0, 0.1) is 0 Å². The number of hydrogen-bond donors (Lipinski definition) is 1. The van der Waals surface area contributed by atoms with E-state index in [1.165, 1.54) is 5.56 Å². The summed E-state index contributed by atoms with van der Waals surface area (Å²) >= 11 is 3.50. The van der Waals surface area contributed by atoms with Gasteiger partial charge in [-0.1, -0.05) is 31.7 Å². The van der Waals surface area contributed by atoms with Crippen molar-refractivity contribution in [1.82, 2.24) is 0 Å². The van der Waals surface area contributed by atoms with Crippen molar-refractivity contribution in [3.05, 3.63) is 29.8 Å². The van der Waals surface area contributed by atoms with E-state index in [-0.39, 0.29) is 0 Å². The summed E-state index contributed by atoms with van der Waals surface area (Å²) in [6.07, 6.45) is 0.981. The Labute approximate surface area is 77.0 Å². The second-order valence-corrected chi connectivity index (χ2v) is 2.73. The molecule has 3 heteroatoms. The van der Waals surface area contributed by atoms with Gasteiger partial charge in [0.05, 0.1) is 0 Å². The van der Waals surface area contributed by atoms with Gasteiger partial charge in [-0.2, -0.15) is 0 Å². The Morgan fingerprint density at radius 3 is 2.42 bits per heavy atom. The van der Waals surface area contributed by atoms with Crippen molar-refractivity contribution in [2.75, 3.05) is 0 Å². The molecule has 0 amide bonds. The molecule has 0 unspecified atom stereocenters. The third kappa shape index (κ3) is 2.58. The Balaban J connectivity index is 2.71. The van der Waals surface area contributed by atoms with Gasteiger partial charge in [0.25, 0.3) is 0 Å². The summed E-state index contributed by atoms with van der Waals surface area (Å²) in [5.74, 6) is 0.534. The number of thiol groups is 1. The SMILES string of the molecule is CCc1ccc(OC(=O)S)cc1. The van der Waals surface area contributed by atoms with Gasteiger partial charge in [-0.25, -0.2) is 4.79 Å².